The number of nitrogens with zero attached hydrogens (tertiary/aromatic N) is 3. The lowest BCUT2D eigenvalue weighted by molar-refractivity contribution is 0.0646. The summed E-state index contributed by atoms with van der Waals surface area (Å²) in [7, 11) is 1.97. The van der Waals surface area contributed by atoms with Crippen LogP contribution in [0, 0.1) is 13.8 Å². The largest absolute Gasteiger partial charge is 0.374 e. The molecule has 0 spiro atoms. The Labute approximate surface area is 186 Å². The SMILES string of the molecule is CCNC(=NCc1c(C)nn(C)c1C)NCCCOC(C)c1ccccc1.I. The molecule has 2 N–H and O–H groups in total. The van der Waals surface area contributed by atoms with Crippen LogP contribution in [0.4, 0.5) is 0 Å². The Kier molecular flexibility index (Phi) is 11.1. The minimum absolute atomic E-state index is 0. The summed E-state index contributed by atoms with van der Waals surface area (Å²) in [6, 6.07) is 10.3. The van der Waals surface area contributed by atoms with E-state index in [1.807, 2.05) is 36.9 Å². The summed E-state index contributed by atoms with van der Waals surface area (Å²) < 4.78 is 7.83. The van der Waals surface area contributed by atoms with E-state index < -0.39 is 0 Å². The van der Waals surface area contributed by atoms with Gasteiger partial charge < -0.3 is 15.4 Å². The van der Waals surface area contributed by atoms with Gasteiger partial charge in [-0.05, 0) is 39.7 Å². The highest BCUT2D eigenvalue weighted by atomic mass is 127. The second-order valence-corrected chi connectivity index (χ2v) is 6.67. The molecule has 2 aromatic rings. The van der Waals surface area contributed by atoms with Crippen molar-refractivity contribution >= 4 is 29.9 Å². The molecule has 0 radical (unpaired) electrons. The Bertz CT molecular complexity index is 730. The van der Waals surface area contributed by atoms with Gasteiger partial charge in [0.25, 0.3) is 0 Å². The molecule has 0 fully saturated rings. The predicted octanol–water partition coefficient (Wildman–Crippen LogP) is 3.88. The molecule has 0 aliphatic heterocycles. The van der Waals surface area contributed by atoms with Crippen LogP contribution in [0.3, 0.4) is 0 Å². The van der Waals surface area contributed by atoms with Gasteiger partial charge in [-0.1, -0.05) is 30.3 Å². The van der Waals surface area contributed by atoms with Crippen LogP contribution in [-0.4, -0.2) is 35.4 Å². The minimum Gasteiger partial charge on any atom is -0.374 e. The van der Waals surface area contributed by atoms with Gasteiger partial charge in [0.15, 0.2) is 5.96 Å². The Hall–Kier alpha value is -1.61. The number of rotatable bonds is 9. The van der Waals surface area contributed by atoms with E-state index in [2.05, 4.69) is 48.6 Å². The Morgan fingerprint density at radius 1 is 1.21 bits per heavy atom. The summed E-state index contributed by atoms with van der Waals surface area (Å²) >= 11 is 0. The third kappa shape index (κ3) is 7.43. The summed E-state index contributed by atoms with van der Waals surface area (Å²) in [5.74, 6) is 0.830. The van der Waals surface area contributed by atoms with Gasteiger partial charge in [-0.2, -0.15) is 5.10 Å². The number of benzene rings is 1. The molecule has 1 heterocycles. The summed E-state index contributed by atoms with van der Waals surface area (Å²) in [4.78, 5) is 4.70. The van der Waals surface area contributed by atoms with Gasteiger partial charge in [-0.3, -0.25) is 4.68 Å². The zero-order chi connectivity index (χ0) is 19.6. The van der Waals surface area contributed by atoms with Gasteiger partial charge in [0.1, 0.15) is 0 Å². The molecule has 1 aromatic heterocycles. The van der Waals surface area contributed by atoms with Crippen molar-refractivity contribution in [3.05, 3.63) is 52.8 Å². The normalized spacial score (nSPS) is 12.4. The molecule has 0 saturated heterocycles. The lowest BCUT2D eigenvalue weighted by atomic mass is 10.1. The second-order valence-electron chi connectivity index (χ2n) is 6.67. The zero-order valence-corrected chi connectivity index (χ0v) is 20.0. The Morgan fingerprint density at radius 2 is 1.93 bits per heavy atom. The van der Waals surface area contributed by atoms with Crippen molar-refractivity contribution in [2.75, 3.05) is 19.7 Å². The molecule has 1 unspecified atom stereocenters. The molecular weight excluding hydrogens is 465 g/mol. The highest BCUT2D eigenvalue weighted by Gasteiger charge is 2.09. The molecule has 7 heteroatoms. The predicted molar refractivity (Wildman–Crippen MR) is 126 cm³/mol. The molecular formula is C21H34IN5O. The van der Waals surface area contributed by atoms with Crippen LogP contribution in [0.2, 0.25) is 0 Å². The number of aliphatic imine (C=N–C) groups is 1. The lowest BCUT2D eigenvalue weighted by Crippen LogP contribution is -2.38. The second kappa shape index (κ2) is 12.8. The molecule has 0 aliphatic carbocycles. The number of hydrogen-bond donors (Lipinski definition) is 2. The summed E-state index contributed by atoms with van der Waals surface area (Å²) in [5.41, 5.74) is 4.60. The van der Waals surface area contributed by atoms with Crippen molar-refractivity contribution in [2.24, 2.45) is 12.0 Å². The first kappa shape index (κ1) is 24.4. The van der Waals surface area contributed by atoms with Crippen molar-refractivity contribution < 1.29 is 4.74 Å². The van der Waals surface area contributed by atoms with Gasteiger partial charge in [0.05, 0.1) is 18.3 Å². The first-order chi connectivity index (χ1) is 13.0. The summed E-state index contributed by atoms with van der Waals surface area (Å²) in [5, 5.41) is 11.1. The molecule has 1 atom stereocenters. The third-order valence-corrected chi connectivity index (χ3v) is 4.65. The number of aryl methyl sites for hydroxylation is 2. The maximum Gasteiger partial charge on any atom is 0.191 e. The quantitative estimate of drug-likeness (QED) is 0.238. The molecule has 1 aromatic carbocycles. The lowest BCUT2D eigenvalue weighted by Gasteiger charge is -2.14. The zero-order valence-electron chi connectivity index (χ0n) is 17.7. The topological polar surface area (TPSA) is 63.5 Å². The smallest absolute Gasteiger partial charge is 0.191 e. The molecule has 28 heavy (non-hydrogen) atoms. The van der Waals surface area contributed by atoms with E-state index >= 15 is 0 Å². The van der Waals surface area contributed by atoms with Gasteiger partial charge in [0, 0.05) is 38.0 Å². The van der Waals surface area contributed by atoms with Crippen LogP contribution in [0.15, 0.2) is 35.3 Å². The van der Waals surface area contributed by atoms with E-state index in [0.717, 1.165) is 36.9 Å². The molecule has 0 bridgehead atoms. The average molecular weight is 499 g/mol. The monoisotopic (exact) mass is 499 g/mol. The van der Waals surface area contributed by atoms with Crippen molar-refractivity contribution in [3.8, 4) is 0 Å². The van der Waals surface area contributed by atoms with Crippen LogP contribution < -0.4 is 10.6 Å². The van der Waals surface area contributed by atoms with Crippen LogP contribution in [0.1, 0.15) is 48.9 Å². The van der Waals surface area contributed by atoms with E-state index in [1.165, 1.54) is 11.1 Å². The molecule has 2 rings (SSSR count). The number of nitrogens with one attached hydrogen (secondary N) is 2. The third-order valence-electron chi connectivity index (χ3n) is 4.65. The van der Waals surface area contributed by atoms with Crippen LogP contribution >= 0.6 is 24.0 Å². The van der Waals surface area contributed by atoms with Crippen LogP contribution in [0.5, 0.6) is 0 Å². The number of guanidine groups is 1. The van der Waals surface area contributed by atoms with Crippen LogP contribution in [-0.2, 0) is 18.3 Å². The van der Waals surface area contributed by atoms with E-state index in [0.29, 0.717) is 13.2 Å². The van der Waals surface area contributed by atoms with Crippen molar-refractivity contribution in [1.82, 2.24) is 20.4 Å². The van der Waals surface area contributed by atoms with E-state index in [-0.39, 0.29) is 30.1 Å². The number of halogens is 1. The fourth-order valence-electron chi connectivity index (χ4n) is 2.91. The highest BCUT2D eigenvalue weighted by molar-refractivity contribution is 14.0. The molecule has 156 valence electrons. The van der Waals surface area contributed by atoms with Crippen LogP contribution in [0.25, 0.3) is 0 Å². The molecule has 0 amide bonds. The van der Waals surface area contributed by atoms with Gasteiger partial charge in [-0.15, -0.1) is 24.0 Å². The molecule has 0 saturated carbocycles. The van der Waals surface area contributed by atoms with Gasteiger partial charge >= 0.3 is 0 Å². The number of hydrogen-bond acceptors (Lipinski definition) is 3. The first-order valence-electron chi connectivity index (χ1n) is 9.70. The van der Waals surface area contributed by atoms with Gasteiger partial charge in [-0.25, -0.2) is 4.99 Å². The fraction of sp³-hybridized carbons (Fsp3) is 0.524. The summed E-state index contributed by atoms with van der Waals surface area (Å²) in [6.45, 7) is 11.3. The minimum atomic E-state index is 0. The maximum atomic E-state index is 5.92. The number of ether oxygens (including phenoxy) is 1. The van der Waals surface area contributed by atoms with E-state index in [4.69, 9.17) is 9.73 Å². The maximum absolute atomic E-state index is 5.92. The average Bonchev–Trinajstić information content (AvgIpc) is 2.91. The number of aromatic nitrogens is 2. The summed E-state index contributed by atoms with van der Waals surface area (Å²) in [6.07, 6.45) is 1.04. The first-order valence-corrected chi connectivity index (χ1v) is 9.70. The standard InChI is InChI=1S/C21H33N5O.HI/c1-6-22-21(24-15-20-16(2)25-26(5)17(20)3)23-13-10-14-27-18(4)19-11-8-7-9-12-19;/h7-9,11-12,18H,6,10,13-15H2,1-5H3,(H2,22,23,24);1H. The fourth-order valence-corrected chi connectivity index (χ4v) is 2.91. The van der Waals surface area contributed by atoms with Crippen molar-refractivity contribution in [3.63, 3.8) is 0 Å². The van der Waals surface area contributed by atoms with Crippen molar-refractivity contribution in [2.45, 2.75) is 46.8 Å². The van der Waals surface area contributed by atoms with E-state index in [9.17, 15) is 0 Å². The van der Waals surface area contributed by atoms with Gasteiger partial charge in [0.2, 0.25) is 0 Å². The van der Waals surface area contributed by atoms with Crippen molar-refractivity contribution in [1.29, 1.82) is 0 Å². The Morgan fingerprint density at radius 3 is 2.54 bits per heavy atom. The van der Waals surface area contributed by atoms with E-state index in [1.54, 1.807) is 0 Å². The molecule has 6 nitrogen and oxygen atoms in total. The Balaban J connectivity index is 0.00000392. The highest BCUT2D eigenvalue weighted by Crippen LogP contribution is 2.15. The molecule has 0 aliphatic rings.